The minimum atomic E-state index is 0.333. The molecule has 12 heavy (non-hydrogen) atoms. The predicted molar refractivity (Wildman–Crippen MR) is 47.9 cm³/mol. The van der Waals surface area contributed by atoms with Crippen LogP contribution in [0.2, 0.25) is 0 Å². The van der Waals surface area contributed by atoms with E-state index < -0.39 is 0 Å². The number of carbonyl (C=O) groups is 1. The van der Waals surface area contributed by atoms with Crippen molar-refractivity contribution in [2.45, 2.75) is 38.6 Å². The summed E-state index contributed by atoms with van der Waals surface area (Å²) in [5.41, 5.74) is 0. The van der Waals surface area contributed by atoms with Crippen LogP contribution in [0.15, 0.2) is 0 Å². The Kier molecular flexibility index (Phi) is 2.18. The van der Waals surface area contributed by atoms with E-state index in [1.165, 1.54) is 19.3 Å². The highest BCUT2D eigenvalue weighted by Crippen LogP contribution is 2.38. The maximum Gasteiger partial charge on any atom is 0.131 e. The van der Waals surface area contributed by atoms with Crippen molar-refractivity contribution >= 4 is 5.78 Å². The summed E-state index contributed by atoms with van der Waals surface area (Å²) in [5.74, 6) is 2.03. The Hall–Kier alpha value is -0.370. The van der Waals surface area contributed by atoms with Crippen molar-refractivity contribution in [3.63, 3.8) is 0 Å². The van der Waals surface area contributed by atoms with Gasteiger partial charge in [0.15, 0.2) is 0 Å². The molecule has 1 aliphatic heterocycles. The van der Waals surface area contributed by atoms with Gasteiger partial charge >= 0.3 is 0 Å². The molecule has 1 saturated heterocycles. The Balaban J connectivity index is 1.95. The third kappa shape index (κ3) is 1.40. The van der Waals surface area contributed by atoms with Crippen molar-refractivity contribution < 1.29 is 4.79 Å². The molecule has 0 spiro atoms. The van der Waals surface area contributed by atoms with Gasteiger partial charge < -0.3 is 5.32 Å². The molecule has 0 radical (unpaired) electrons. The molecule has 68 valence electrons. The molecule has 2 unspecified atom stereocenters. The first-order valence-electron chi connectivity index (χ1n) is 5.00. The molecule has 0 aromatic heterocycles. The normalized spacial score (nSPS) is 39.9. The number of fused-ring (bicyclic) bond motifs is 1. The van der Waals surface area contributed by atoms with Crippen molar-refractivity contribution in [3.8, 4) is 0 Å². The first kappa shape index (κ1) is 8.24. The van der Waals surface area contributed by atoms with E-state index in [1.54, 1.807) is 6.92 Å². The number of carbonyl (C=O) groups excluding carboxylic acids is 1. The Morgan fingerprint density at radius 1 is 1.50 bits per heavy atom. The van der Waals surface area contributed by atoms with Crippen LogP contribution in [0, 0.1) is 11.8 Å². The smallest absolute Gasteiger partial charge is 0.131 e. The van der Waals surface area contributed by atoms with Crippen molar-refractivity contribution in [1.82, 2.24) is 5.32 Å². The molecule has 0 aromatic rings. The van der Waals surface area contributed by atoms with E-state index in [4.69, 9.17) is 0 Å². The average Bonchev–Trinajstić information content (AvgIpc) is 2.52. The number of Topliss-reactive ketones (excluding diaryl/α,β-unsaturated/α-hetero) is 1. The summed E-state index contributed by atoms with van der Waals surface area (Å²) >= 11 is 0. The lowest BCUT2D eigenvalue weighted by molar-refractivity contribution is -0.117. The van der Waals surface area contributed by atoms with Gasteiger partial charge in [0.1, 0.15) is 5.78 Å². The van der Waals surface area contributed by atoms with Gasteiger partial charge in [-0.05, 0) is 38.1 Å². The zero-order valence-electron chi connectivity index (χ0n) is 7.68. The van der Waals surface area contributed by atoms with Crippen LogP contribution < -0.4 is 5.32 Å². The third-order valence-electron chi connectivity index (χ3n) is 3.38. The fraction of sp³-hybridized carbons (Fsp3) is 0.900. The fourth-order valence-electron chi connectivity index (χ4n) is 2.84. The van der Waals surface area contributed by atoms with Crippen LogP contribution in [0.4, 0.5) is 0 Å². The molecule has 1 heterocycles. The summed E-state index contributed by atoms with van der Waals surface area (Å²) in [5, 5.41) is 3.47. The highest BCUT2D eigenvalue weighted by molar-refractivity contribution is 5.76. The van der Waals surface area contributed by atoms with E-state index in [2.05, 4.69) is 5.32 Å². The van der Waals surface area contributed by atoms with Crippen molar-refractivity contribution in [1.29, 1.82) is 0 Å². The van der Waals surface area contributed by atoms with Crippen molar-refractivity contribution in [2.75, 3.05) is 6.54 Å². The van der Waals surface area contributed by atoms with Crippen LogP contribution in [-0.4, -0.2) is 18.4 Å². The van der Waals surface area contributed by atoms with Gasteiger partial charge in [-0.2, -0.15) is 0 Å². The lowest BCUT2D eigenvalue weighted by Gasteiger charge is -2.16. The molecule has 1 saturated carbocycles. The Morgan fingerprint density at radius 2 is 2.33 bits per heavy atom. The quantitative estimate of drug-likeness (QED) is 0.672. The molecule has 2 nitrogen and oxygen atoms in total. The van der Waals surface area contributed by atoms with E-state index in [9.17, 15) is 4.79 Å². The van der Waals surface area contributed by atoms with Gasteiger partial charge in [-0.3, -0.25) is 4.79 Å². The molecule has 0 amide bonds. The number of hydrogen-bond donors (Lipinski definition) is 1. The minimum absolute atomic E-state index is 0.333. The van der Waals surface area contributed by atoms with Gasteiger partial charge in [0.25, 0.3) is 0 Å². The molecule has 1 aliphatic carbocycles. The summed E-state index contributed by atoms with van der Waals surface area (Å²) < 4.78 is 0. The van der Waals surface area contributed by atoms with Gasteiger partial charge in [0.2, 0.25) is 0 Å². The number of nitrogens with one attached hydrogen (secondary N) is 1. The zero-order chi connectivity index (χ0) is 8.55. The highest BCUT2D eigenvalue weighted by Gasteiger charge is 2.38. The van der Waals surface area contributed by atoms with Gasteiger partial charge in [0.05, 0.1) is 0 Å². The van der Waals surface area contributed by atoms with Gasteiger partial charge in [0, 0.05) is 12.5 Å². The summed E-state index contributed by atoms with van der Waals surface area (Å²) in [4.78, 5) is 10.9. The number of ketones is 1. The summed E-state index contributed by atoms with van der Waals surface area (Å²) in [6.07, 6.45) is 4.86. The van der Waals surface area contributed by atoms with Crippen LogP contribution in [0.3, 0.4) is 0 Å². The van der Waals surface area contributed by atoms with E-state index >= 15 is 0 Å². The third-order valence-corrected chi connectivity index (χ3v) is 3.38. The van der Waals surface area contributed by atoms with Crippen LogP contribution >= 0.6 is 0 Å². The standard InChI is InChI=1S/C10H17NO/c1-7(12)5-10-9-4-2-3-8(9)6-11-10/h8-11H,2-6H2,1H3/t8?,9?,10-/m1/s1. The number of rotatable bonds is 2. The van der Waals surface area contributed by atoms with Crippen molar-refractivity contribution in [2.24, 2.45) is 11.8 Å². The molecular formula is C10H17NO. The number of hydrogen-bond acceptors (Lipinski definition) is 2. The second-order valence-corrected chi connectivity index (χ2v) is 4.28. The molecule has 2 aliphatic rings. The maximum absolute atomic E-state index is 10.9. The molecule has 3 atom stereocenters. The van der Waals surface area contributed by atoms with E-state index in [-0.39, 0.29) is 0 Å². The minimum Gasteiger partial charge on any atom is -0.313 e. The van der Waals surface area contributed by atoms with E-state index in [0.29, 0.717) is 11.8 Å². The maximum atomic E-state index is 10.9. The Labute approximate surface area is 73.7 Å². The molecular weight excluding hydrogens is 150 g/mol. The SMILES string of the molecule is CC(=O)C[C@H]1NCC2CCCC21. The zero-order valence-corrected chi connectivity index (χ0v) is 7.68. The van der Waals surface area contributed by atoms with Crippen LogP contribution in [-0.2, 0) is 4.79 Å². The molecule has 1 N–H and O–H groups in total. The predicted octanol–water partition coefficient (Wildman–Crippen LogP) is 1.35. The lowest BCUT2D eigenvalue weighted by atomic mass is 9.91. The van der Waals surface area contributed by atoms with Crippen LogP contribution in [0.5, 0.6) is 0 Å². The molecule has 2 fully saturated rings. The monoisotopic (exact) mass is 167 g/mol. The summed E-state index contributed by atoms with van der Waals surface area (Å²) in [6, 6.07) is 0.509. The largest absolute Gasteiger partial charge is 0.313 e. The second-order valence-electron chi connectivity index (χ2n) is 4.28. The summed E-state index contributed by atoms with van der Waals surface area (Å²) in [6.45, 7) is 2.85. The summed E-state index contributed by atoms with van der Waals surface area (Å²) in [7, 11) is 0. The lowest BCUT2D eigenvalue weighted by Crippen LogP contribution is -2.28. The second kappa shape index (κ2) is 3.17. The first-order chi connectivity index (χ1) is 5.77. The van der Waals surface area contributed by atoms with Crippen LogP contribution in [0.1, 0.15) is 32.6 Å². The van der Waals surface area contributed by atoms with Crippen molar-refractivity contribution in [3.05, 3.63) is 0 Å². The Bertz CT molecular complexity index is 190. The van der Waals surface area contributed by atoms with E-state index in [1.807, 2.05) is 0 Å². The van der Waals surface area contributed by atoms with Gasteiger partial charge in [-0.1, -0.05) is 6.42 Å². The average molecular weight is 167 g/mol. The van der Waals surface area contributed by atoms with E-state index in [0.717, 1.165) is 24.8 Å². The van der Waals surface area contributed by atoms with Crippen LogP contribution in [0.25, 0.3) is 0 Å². The molecule has 0 aromatic carbocycles. The highest BCUT2D eigenvalue weighted by atomic mass is 16.1. The molecule has 0 bridgehead atoms. The molecule has 2 heteroatoms. The Morgan fingerprint density at radius 3 is 3.08 bits per heavy atom. The first-order valence-corrected chi connectivity index (χ1v) is 5.00. The van der Waals surface area contributed by atoms with Gasteiger partial charge in [-0.15, -0.1) is 0 Å². The topological polar surface area (TPSA) is 29.1 Å². The van der Waals surface area contributed by atoms with Gasteiger partial charge in [-0.25, -0.2) is 0 Å². The molecule has 2 rings (SSSR count). The fourth-order valence-corrected chi connectivity index (χ4v) is 2.84.